The number of halogens is 4. The third kappa shape index (κ3) is 4.48. The summed E-state index contributed by atoms with van der Waals surface area (Å²) in [6.45, 7) is 1.29. The second kappa shape index (κ2) is 6.60. The Morgan fingerprint density at radius 1 is 1.12 bits per heavy atom. The largest absolute Gasteiger partial charge is 0.433 e. The van der Waals surface area contributed by atoms with Gasteiger partial charge in [-0.3, -0.25) is 15.4 Å². The van der Waals surface area contributed by atoms with Crippen molar-refractivity contribution in [2.45, 2.75) is 13.1 Å². The SMILES string of the molecule is Cc1cc(C(F)(F)F)nc(NC(=O)NC(=O)c2cccc(F)c2)n1. The Balaban J connectivity index is 2.10. The number of alkyl halides is 3. The molecule has 126 valence electrons. The third-order valence-electron chi connectivity index (χ3n) is 2.68. The van der Waals surface area contributed by atoms with Crippen LogP contribution in [0.4, 0.5) is 28.3 Å². The number of aryl methyl sites for hydroxylation is 1. The zero-order chi connectivity index (χ0) is 17.9. The van der Waals surface area contributed by atoms with Crippen LogP contribution < -0.4 is 10.6 Å². The molecule has 0 aliphatic carbocycles. The lowest BCUT2D eigenvalue weighted by Crippen LogP contribution is -2.35. The minimum absolute atomic E-state index is 0.0240. The molecule has 0 spiro atoms. The molecule has 0 saturated carbocycles. The third-order valence-corrected chi connectivity index (χ3v) is 2.68. The summed E-state index contributed by atoms with van der Waals surface area (Å²) in [6.07, 6.45) is -4.71. The first kappa shape index (κ1) is 17.3. The maximum atomic E-state index is 13.0. The molecule has 2 aromatic rings. The molecule has 0 fully saturated rings. The highest BCUT2D eigenvalue weighted by Gasteiger charge is 2.33. The molecule has 6 nitrogen and oxygen atoms in total. The summed E-state index contributed by atoms with van der Waals surface area (Å²) in [6, 6.07) is 4.09. The van der Waals surface area contributed by atoms with E-state index in [1.165, 1.54) is 19.1 Å². The number of amides is 3. The molecule has 3 amide bonds. The first-order valence-electron chi connectivity index (χ1n) is 6.46. The lowest BCUT2D eigenvalue weighted by molar-refractivity contribution is -0.141. The normalized spacial score (nSPS) is 11.0. The van der Waals surface area contributed by atoms with E-state index in [4.69, 9.17) is 0 Å². The summed E-state index contributed by atoms with van der Waals surface area (Å²) in [5.41, 5.74) is -1.39. The van der Waals surface area contributed by atoms with Gasteiger partial charge in [0.25, 0.3) is 5.91 Å². The van der Waals surface area contributed by atoms with E-state index in [9.17, 15) is 27.2 Å². The number of hydrogen-bond acceptors (Lipinski definition) is 4. The average molecular weight is 342 g/mol. The highest BCUT2D eigenvalue weighted by Crippen LogP contribution is 2.28. The van der Waals surface area contributed by atoms with E-state index < -0.39 is 35.6 Å². The molecule has 2 N–H and O–H groups in total. The summed E-state index contributed by atoms with van der Waals surface area (Å²) in [5, 5.41) is 3.76. The minimum atomic E-state index is -4.71. The second-order valence-corrected chi connectivity index (χ2v) is 4.63. The van der Waals surface area contributed by atoms with E-state index in [1.807, 2.05) is 10.6 Å². The first-order chi connectivity index (χ1) is 11.1. The molecule has 0 bridgehead atoms. The van der Waals surface area contributed by atoms with Crippen LogP contribution in [0.15, 0.2) is 30.3 Å². The van der Waals surface area contributed by atoms with Crippen LogP contribution in [0.5, 0.6) is 0 Å². The van der Waals surface area contributed by atoms with Gasteiger partial charge in [0.1, 0.15) is 11.5 Å². The van der Waals surface area contributed by atoms with Gasteiger partial charge in [0.2, 0.25) is 5.95 Å². The van der Waals surface area contributed by atoms with Crippen LogP contribution in [0, 0.1) is 12.7 Å². The van der Waals surface area contributed by atoms with Gasteiger partial charge in [-0.25, -0.2) is 19.2 Å². The van der Waals surface area contributed by atoms with E-state index in [0.717, 1.165) is 12.1 Å². The highest BCUT2D eigenvalue weighted by atomic mass is 19.4. The van der Waals surface area contributed by atoms with Crippen LogP contribution in [0.25, 0.3) is 0 Å². The van der Waals surface area contributed by atoms with Crippen molar-refractivity contribution in [3.63, 3.8) is 0 Å². The Labute approximate surface area is 132 Å². The zero-order valence-corrected chi connectivity index (χ0v) is 12.1. The number of anilines is 1. The Kier molecular flexibility index (Phi) is 4.77. The highest BCUT2D eigenvalue weighted by molar-refractivity contribution is 6.07. The number of nitrogens with zero attached hydrogens (tertiary/aromatic N) is 2. The molecule has 24 heavy (non-hydrogen) atoms. The van der Waals surface area contributed by atoms with Gasteiger partial charge < -0.3 is 0 Å². The van der Waals surface area contributed by atoms with Crippen LogP contribution in [0.2, 0.25) is 0 Å². The van der Waals surface area contributed by atoms with Crippen molar-refractivity contribution in [3.05, 3.63) is 53.1 Å². The molecule has 10 heteroatoms. The maximum Gasteiger partial charge on any atom is 0.433 e. The van der Waals surface area contributed by atoms with Crippen LogP contribution >= 0.6 is 0 Å². The van der Waals surface area contributed by atoms with Crippen LogP contribution in [-0.2, 0) is 6.18 Å². The van der Waals surface area contributed by atoms with Crippen molar-refractivity contribution in [2.75, 3.05) is 5.32 Å². The molecule has 0 aliphatic heterocycles. The summed E-state index contributed by atoms with van der Waals surface area (Å²) < 4.78 is 50.9. The Morgan fingerprint density at radius 3 is 2.46 bits per heavy atom. The topological polar surface area (TPSA) is 84.0 Å². The van der Waals surface area contributed by atoms with E-state index in [2.05, 4.69) is 9.97 Å². The Morgan fingerprint density at radius 2 is 1.83 bits per heavy atom. The number of carbonyl (C=O) groups excluding carboxylic acids is 2. The molecule has 1 aromatic carbocycles. The van der Waals surface area contributed by atoms with E-state index >= 15 is 0 Å². The van der Waals surface area contributed by atoms with Gasteiger partial charge >= 0.3 is 12.2 Å². The fourth-order valence-corrected chi connectivity index (χ4v) is 1.71. The van der Waals surface area contributed by atoms with Gasteiger partial charge in [0.15, 0.2) is 0 Å². The first-order valence-corrected chi connectivity index (χ1v) is 6.46. The predicted octanol–water partition coefficient (Wildman–Crippen LogP) is 2.90. The average Bonchev–Trinajstić information content (AvgIpc) is 2.45. The van der Waals surface area contributed by atoms with Gasteiger partial charge in [-0.2, -0.15) is 13.2 Å². The molecule has 0 saturated heterocycles. The van der Waals surface area contributed by atoms with Gasteiger partial charge in [-0.05, 0) is 31.2 Å². The van der Waals surface area contributed by atoms with Crippen molar-refractivity contribution < 1.29 is 27.2 Å². The van der Waals surface area contributed by atoms with E-state index in [0.29, 0.717) is 6.07 Å². The summed E-state index contributed by atoms with van der Waals surface area (Å²) in [5.74, 6) is -2.23. The van der Waals surface area contributed by atoms with Gasteiger partial charge in [-0.1, -0.05) is 6.07 Å². The molecule has 0 unspecified atom stereocenters. The number of imide groups is 1. The minimum Gasteiger partial charge on any atom is -0.276 e. The fraction of sp³-hybridized carbons (Fsp3) is 0.143. The maximum absolute atomic E-state index is 13.0. The molecular weight excluding hydrogens is 332 g/mol. The van der Waals surface area contributed by atoms with Crippen LogP contribution in [-0.4, -0.2) is 21.9 Å². The molecule has 0 atom stereocenters. The van der Waals surface area contributed by atoms with Crippen molar-refractivity contribution in [2.24, 2.45) is 0 Å². The summed E-state index contributed by atoms with van der Waals surface area (Å²) >= 11 is 0. The van der Waals surface area contributed by atoms with Crippen molar-refractivity contribution in [3.8, 4) is 0 Å². The number of carbonyl (C=O) groups is 2. The molecular formula is C14H10F4N4O2. The lowest BCUT2D eigenvalue weighted by atomic mass is 10.2. The predicted molar refractivity (Wildman–Crippen MR) is 74.7 cm³/mol. The van der Waals surface area contributed by atoms with Crippen molar-refractivity contribution in [1.29, 1.82) is 0 Å². The summed E-state index contributed by atoms with van der Waals surface area (Å²) in [7, 11) is 0. The summed E-state index contributed by atoms with van der Waals surface area (Å²) in [4.78, 5) is 30.2. The molecule has 2 rings (SSSR count). The van der Waals surface area contributed by atoms with Gasteiger partial charge in [-0.15, -0.1) is 0 Å². The van der Waals surface area contributed by atoms with Gasteiger partial charge in [0, 0.05) is 11.3 Å². The van der Waals surface area contributed by atoms with Crippen LogP contribution in [0.3, 0.4) is 0 Å². The van der Waals surface area contributed by atoms with Gasteiger partial charge in [0.05, 0.1) is 0 Å². The second-order valence-electron chi connectivity index (χ2n) is 4.63. The fourth-order valence-electron chi connectivity index (χ4n) is 1.71. The van der Waals surface area contributed by atoms with E-state index in [1.54, 1.807) is 0 Å². The standard InChI is InChI=1S/C14H10F4N4O2/c1-7-5-10(14(16,17)18)20-12(19-7)22-13(24)21-11(23)8-3-2-4-9(15)6-8/h2-6H,1H3,(H2,19,20,21,22,23,24). The molecule has 1 heterocycles. The molecule has 1 aromatic heterocycles. The smallest absolute Gasteiger partial charge is 0.276 e. The molecule has 0 aliphatic rings. The number of nitrogens with one attached hydrogen (secondary N) is 2. The monoisotopic (exact) mass is 342 g/mol. The lowest BCUT2D eigenvalue weighted by Gasteiger charge is -2.10. The van der Waals surface area contributed by atoms with E-state index in [-0.39, 0.29) is 11.3 Å². The molecule has 0 radical (unpaired) electrons. The Hall–Kier alpha value is -3.04. The number of benzene rings is 1. The zero-order valence-electron chi connectivity index (χ0n) is 12.1. The number of aromatic nitrogens is 2. The number of rotatable bonds is 2. The number of hydrogen-bond donors (Lipinski definition) is 2. The quantitative estimate of drug-likeness (QED) is 0.822. The van der Waals surface area contributed by atoms with Crippen LogP contribution in [0.1, 0.15) is 21.7 Å². The Bertz CT molecular complexity index is 793. The van der Waals surface area contributed by atoms with Crippen molar-refractivity contribution >= 4 is 17.9 Å². The van der Waals surface area contributed by atoms with Crippen molar-refractivity contribution in [1.82, 2.24) is 15.3 Å². The number of urea groups is 1.